The molecule has 8 atom stereocenters. The van der Waals surface area contributed by atoms with Crippen LogP contribution < -0.4 is 0 Å². The van der Waals surface area contributed by atoms with Gasteiger partial charge in [0, 0.05) is 6.42 Å². The normalized spacial score (nSPS) is 41.3. The smallest absolute Gasteiger partial charge is 0.132 e. The Kier molecular flexibility index (Phi) is 6.60. The molecule has 1 unspecified atom stereocenters. The van der Waals surface area contributed by atoms with Gasteiger partial charge in [-0.3, -0.25) is 4.79 Å². The highest BCUT2D eigenvalue weighted by atomic mass is 16.6. The second kappa shape index (κ2) is 8.73. The third-order valence-corrected chi connectivity index (χ3v) is 5.11. The number of carbonyl (C=O) groups excluding carboxylic acids is 1. The third-order valence-electron chi connectivity index (χ3n) is 5.11. The Morgan fingerprint density at radius 1 is 1.23 bits per heavy atom. The number of ketones is 1. The predicted octanol–water partition coefficient (Wildman–Crippen LogP) is 0.264. The molecule has 7 nitrogen and oxygen atoms in total. The zero-order valence-corrected chi connectivity index (χ0v) is 14.9. The van der Waals surface area contributed by atoms with Gasteiger partial charge in [0.1, 0.15) is 24.1 Å². The van der Waals surface area contributed by atoms with Crippen molar-refractivity contribution in [1.29, 1.82) is 0 Å². The van der Waals surface area contributed by atoms with Crippen molar-refractivity contribution in [2.45, 2.75) is 81.4 Å². The van der Waals surface area contributed by atoms with Crippen molar-refractivity contribution in [3.8, 4) is 0 Å². The van der Waals surface area contributed by atoms with Crippen molar-refractivity contribution >= 4 is 5.78 Å². The van der Waals surface area contributed by atoms with E-state index in [0.29, 0.717) is 12.8 Å². The maximum Gasteiger partial charge on any atom is 0.132 e. The number of aliphatic hydroxyl groups is 3. The number of Topliss-reactive ketones (excluding diaryl/α,β-unsaturated/α-hetero) is 1. The second-order valence-corrected chi connectivity index (χ2v) is 7.27. The molecule has 0 aromatic carbocycles. The summed E-state index contributed by atoms with van der Waals surface area (Å²) >= 11 is 0. The summed E-state index contributed by atoms with van der Waals surface area (Å²) < 4.78 is 18.1. The molecule has 2 fully saturated rings. The van der Waals surface area contributed by atoms with Crippen LogP contribution in [0.25, 0.3) is 0 Å². The van der Waals surface area contributed by atoms with Crippen molar-refractivity contribution in [1.82, 2.24) is 0 Å². The molecule has 26 heavy (non-hydrogen) atoms. The van der Waals surface area contributed by atoms with Crippen molar-refractivity contribution in [3.63, 3.8) is 0 Å². The van der Waals surface area contributed by atoms with E-state index >= 15 is 0 Å². The molecule has 0 saturated carbocycles. The predicted molar refractivity (Wildman–Crippen MR) is 92.5 cm³/mol. The number of hydrogen-bond donors (Lipinski definition) is 3. The van der Waals surface area contributed by atoms with Crippen LogP contribution in [-0.4, -0.2) is 76.5 Å². The Morgan fingerprint density at radius 2 is 2.00 bits per heavy atom. The maximum absolute atomic E-state index is 11.4. The SMILES string of the molecule is CC(=O)C[C@@H]1CC[C@H]2O[C@H]3CC=C[C@H](/C=C/C(O)CO)O[C@@H]3[C@@H](O)[C@@H]2O1. The standard InChI is InChI=1S/C19H28O7/c1-11(21)9-14-7-8-16-19(25-14)17(23)18-15(26-16)4-2-3-13(24-18)6-5-12(22)10-20/h2-3,5-6,12-20,22-23H,4,7-10H2,1H3/b6-5+/t12?,13-,14+,15+,16-,17-,18+,19-/m1/s1. The van der Waals surface area contributed by atoms with Crippen molar-refractivity contribution in [2.75, 3.05) is 6.61 Å². The van der Waals surface area contributed by atoms with E-state index in [2.05, 4.69) is 0 Å². The van der Waals surface area contributed by atoms with E-state index in [1.165, 1.54) is 13.0 Å². The Balaban J connectivity index is 1.68. The summed E-state index contributed by atoms with van der Waals surface area (Å²) in [6, 6.07) is 0. The minimum Gasteiger partial charge on any atom is -0.393 e. The number of ether oxygens (including phenoxy) is 3. The summed E-state index contributed by atoms with van der Waals surface area (Å²) in [4.78, 5) is 11.4. The first-order valence-corrected chi connectivity index (χ1v) is 9.25. The van der Waals surface area contributed by atoms with Crippen molar-refractivity contribution in [3.05, 3.63) is 24.3 Å². The zero-order valence-electron chi connectivity index (χ0n) is 14.9. The van der Waals surface area contributed by atoms with Crippen LogP contribution in [-0.2, 0) is 19.0 Å². The van der Waals surface area contributed by atoms with E-state index in [4.69, 9.17) is 19.3 Å². The van der Waals surface area contributed by atoms with Crippen LogP contribution in [0.15, 0.2) is 24.3 Å². The fourth-order valence-corrected chi connectivity index (χ4v) is 3.86. The molecule has 7 heteroatoms. The van der Waals surface area contributed by atoms with E-state index in [-0.39, 0.29) is 30.7 Å². The lowest BCUT2D eigenvalue weighted by Gasteiger charge is -2.48. The topological polar surface area (TPSA) is 105 Å². The van der Waals surface area contributed by atoms with Gasteiger partial charge in [0.2, 0.25) is 0 Å². The molecule has 0 amide bonds. The van der Waals surface area contributed by atoms with Gasteiger partial charge in [0.25, 0.3) is 0 Å². The lowest BCUT2D eigenvalue weighted by Crippen LogP contribution is -2.61. The minimum atomic E-state index is -0.947. The molecule has 0 radical (unpaired) electrons. The largest absolute Gasteiger partial charge is 0.393 e. The molecule has 3 N–H and O–H groups in total. The van der Waals surface area contributed by atoms with E-state index < -0.39 is 30.5 Å². The Labute approximate surface area is 153 Å². The van der Waals surface area contributed by atoms with Crippen LogP contribution >= 0.6 is 0 Å². The fourth-order valence-electron chi connectivity index (χ4n) is 3.86. The van der Waals surface area contributed by atoms with Gasteiger partial charge >= 0.3 is 0 Å². The first-order chi connectivity index (χ1) is 12.5. The van der Waals surface area contributed by atoms with Crippen LogP contribution in [0.3, 0.4) is 0 Å². The van der Waals surface area contributed by atoms with Gasteiger partial charge in [-0.2, -0.15) is 0 Å². The number of rotatable bonds is 5. The molecule has 3 aliphatic heterocycles. The molecule has 0 bridgehead atoms. The monoisotopic (exact) mass is 368 g/mol. The number of aliphatic hydroxyl groups excluding tert-OH is 3. The molecule has 2 saturated heterocycles. The fraction of sp³-hybridized carbons (Fsp3) is 0.737. The van der Waals surface area contributed by atoms with Crippen LogP contribution in [0.2, 0.25) is 0 Å². The molecule has 0 aromatic rings. The highest BCUT2D eigenvalue weighted by Crippen LogP contribution is 2.36. The number of carbonyl (C=O) groups is 1. The molecule has 146 valence electrons. The first-order valence-electron chi connectivity index (χ1n) is 9.25. The molecule has 3 rings (SSSR count). The summed E-state index contributed by atoms with van der Waals surface area (Å²) in [6.07, 6.45) is 5.39. The maximum atomic E-state index is 11.4. The zero-order chi connectivity index (χ0) is 18.7. The van der Waals surface area contributed by atoms with Crippen LogP contribution in [0.5, 0.6) is 0 Å². The highest BCUT2D eigenvalue weighted by Gasteiger charge is 2.49. The molecule has 0 aromatic heterocycles. The van der Waals surface area contributed by atoms with E-state index in [0.717, 1.165) is 12.8 Å². The third kappa shape index (κ3) is 4.60. The summed E-state index contributed by atoms with van der Waals surface area (Å²) in [7, 11) is 0. The first kappa shape index (κ1) is 19.7. The molecule has 0 spiro atoms. The Bertz CT molecular complexity index is 546. The van der Waals surface area contributed by atoms with E-state index in [1.54, 1.807) is 6.08 Å². The van der Waals surface area contributed by atoms with Gasteiger partial charge < -0.3 is 29.5 Å². The van der Waals surface area contributed by atoms with Crippen LogP contribution in [0.1, 0.15) is 32.6 Å². The molecule has 3 heterocycles. The lowest BCUT2D eigenvalue weighted by molar-refractivity contribution is -0.271. The van der Waals surface area contributed by atoms with Gasteiger partial charge in [-0.15, -0.1) is 0 Å². The number of hydrogen-bond acceptors (Lipinski definition) is 7. The average Bonchev–Trinajstić information content (AvgIpc) is 2.82. The van der Waals surface area contributed by atoms with Crippen LogP contribution in [0, 0.1) is 0 Å². The second-order valence-electron chi connectivity index (χ2n) is 7.27. The molecule has 3 aliphatic rings. The number of fused-ring (bicyclic) bond motifs is 2. The quantitative estimate of drug-likeness (QED) is 0.598. The van der Waals surface area contributed by atoms with E-state index in [1.807, 2.05) is 12.2 Å². The van der Waals surface area contributed by atoms with Gasteiger partial charge in [-0.05, 0) is 26.2 Å². The summed E-state index contributed by atoms with van der Waals surface area (Å²) in [6.45, 7) is 1.18. The van der Waals surface area contributed by atoms with Crippen molar-refractivity contribution in [2.24, 2.45) is 0 Å². The van der Waals surface area contributed by atoms with Gasteiger partial charge in [-0.25, -0.2) is 0 Å². The lowest BCUT2D eigenvalue weighted by atomic mass is 9.87. The highest BCUT2D eigenvalue weighted by molar-refractivity contribution is 5.75. The van der Waals surface area contributed by atoms with E-state index in [9.17, 15) is 15.0 Å². The molecule has 0 aliphatic carbocycles. The molecular formula is C19H28O7. The average molecular weight is 368 g/mol. The summed E-state index contributed by atoms with van der Waals surface area (Å²) in [5.74, 6) is 0.0695. The van der Waals surface area contributed by atoms with Gasteiger partial charge in [0.15, 0.2) is 0 Å². The Morgan fingerprint density at radius 3 is 2.73 bits per heavy atom. The summed E-state index contributed by atoms with van der Waals surface area (Å²) in [5.41, 5.74) is 0. The van der Waals surface area contributed by atoms with Gasteiger partial charge in [-0.1, -0.05) is 24.3 Å². The van der Waals surface area contributed by atoms with Gasteiger partial charge in [0.05, 0.1) is 37.1 Å². The minimum absolute atomic E-state index is 0.0695. The Hall–Kier alpha value is -1.09. The molecular weight excluding hydrogens is 340 g/mol. The van der Waals surface area contributed by atoms with Crippen LogP contribution in [0.4, 0.5) is 0 Å². The summed E-state index contributed by atoms with van der Waals surface area (Å²) in [5, 5.41) is 29.2. The van der Waals surface area contributed by atoms with Crippen molar-refractivity contribution < 1.29 is 34.3 Å².